The van der Waals surface area contributed by atoms with Gasteiger partial charge in [-0.2, -0.15) is 0 Å². The zero-order valence-electron chi connectivity index (χ0n) is 18.7. The van der Waals surface area contributed by atoms with Crippen LogP contribution in [0.4, 0.5) is 0 Å². The minimum atomic E-state index is -4.71. The molecule has 7 heteroatoms. The minimum Gasteiger partial charge on any atom is -0.441 e. The molecule has 2 N–H and O–H groups in total. The summed E-state index contributed by atoms with van der Waals surface area (Å²) in [6.45, 7) is 11.7. The van der Waals surface area contributed by atoms with Gasteiger partial charge in [-0.05, 0) is 54.5 Å². The number of benzene rings is 2. The summed E-state index contributed by atoms with van der Waals surface area (Å²) < 4.78 is 22.4. The van der Waals surface area contributed by atoms with Crippen molar-refractivity contribution in [3.05, 3.63) is 75.9 Å². The average Bonchev–Trinajstić information content (AvgIpc) is 2.92. The Balaban J connectivity index is 2.28. The average molecular weight is 444 g/mol. The Kier molecular flexibility index (Phi) is 6.21. The van der Waals surface area contributed by atoms with Gasteiger partial charge < -0.3 is 9.26 Å². The van der Waals surface area contributed by atoms with Crippen LogP contribution in [0, 0.1) is 0 Å². The second-order valence-electron chi connectivity index (χ2n) is 8.59. The van der Waals surface area contributed by atoms with Gasteiger partial charge >= 0.3 is 13.8 Å². The van der Waals surface area contributed by atoms with Crippen molar-refractivity contribution in [2.24, 2.45) is 0 Å². The predicted molar refractivity (Wildman–Crippen MR) is 119 cm³/mol. The highest BCUT2D eigenvalue weighted by Gasteiger charge is 2.47. The first-order chi connectivity index (χ1) is 14.4. The Morgan fingerprint density at radius 2 is 1.61 bits per heavy atom. The molecular formula is C24H29O6P. The molecule has 6 nitrogen and oxygen atoms in total. The van der Waals surface area contributed by atoms with Crippen LogP contribution in [0.25, 0.3) is 0 Å². The molecule has 1 heterocycles. The molecular weight excluding hydrogens is 415 g/mol. The second-order valence-corrected chi connectivity index (χ2v) is 9.75. The molecule has 3 rings (SSSR count). The van der Waals surface area contributed by atoms with Gasteiger partial charge in [-0.25, -0.2) is 9.36 Å². The SMILES string of the molecule is CC1=C(C)C(c2cccc(C(C)C)c2)(c2ccc(OP(=O)(O)O)c(C(C)C)c2)OC1=O. The Morgan fingerprint density at radius 3 is 2.13 bits per heavy atom. The summed E-state index contributed by atoms with van der Waals surface area (Å²) in [6.07, 6.45) is 0. The van der Waals surface area contributed by atoms with Crippen LogP contribution in [0.3, 0.4) is 0 Å². The van der Waals surface area contributed by atoms with Crippen molar-refractivity contribution >= 4 is 13.8 Å². The van der Waals surface area contributed by atoms with Crippen LogP contribution in [-0.2, 0) is 19.7 Å². The summed E-state index contributed by atoms with van der Waals surface area (Å²) in [4.78, 5) is 31.2. The normalized spacial score (nSPS) is 19.4. The van der Waals surface area contributed by atoms with Gasteiger partial charge in [0.25, 0.3) is 0 Å². The van der Waals surface area contributed by atoms with Crippen molar-refractivity contribution in [1.29, 1.82) is 0 Å². The van der Waals surface area contributed by atoms with Crippen LogP contribution in [0.15, 0.2) is 53.6 Å². The van der Waals surface area contributed by atoms with Crippen LogP contribution >= 0.6 is 7.82 Å². The lowest BCUT2D eigenvalue weighted by Crippen LogP contribution is -2.30. The number of rotatable bonds is 6. The summed E-state index contributed by atoms with van der Waals surface area (Å²) in [5.74, 6) is -0.0530. The standard InChI is InChI=1S/C24H29O6P/c1-14(2)18-8-7-9-19(12-18)24(17(6)16(5)23(25)29-24)20-10-11-22(30-31(26,27)28)21(13-20)15(3)4/h7-15H,1-6H3,(H2,26,27,28). The van der Waals surface area contributed by atoms with Crippen molar-refractivity contribution in [3.8, 4) is 5.75 Å². The first-order valence-corrected chi connectivity index (χ1v) is 11.8. The third kappa shape index (κ3) is 4.33. The zero-order valence-corrected chi connectivity index (χ0v) is 19.6. The van der Waals surface area contributed by atoms with E-state index in [1.165, 1.54) is 6.07 Å². The number of carbonyl (C=O) groups is 1. The maximum absolute atomic E-state index is 12.6. The topological polar surface area (TPSA) is 93.1 Å². The molecule has 0 spiro atoms. The van der Waals surface area contributed by atoms with Gasteiger partial charge in [0, 0.05) is 16.7 Å². The molecule has 0 amide bonds. The van der Waals surface area contributed by atoms with Crippen molar-refractivity contribution in [2.75, 3.05) is 0 Å². The summed E-state index contributed by atoms with van der Waals surface area (Å²) in [5, 5.41) is 0. The van der Waals surface area contributed by atoms with Gasteiger partial charge in [0.1, 0.15) is 5.75 Å². The van der Waals surface area contributed by atoms with Crippen LogP contribution < -0.4 is 4.52 Å². The molecule has 0 bridgehead atoms. The lowest BCUT2D eigenvalue weighted by Gasteiger charge is -2.32. The molecule has 1 aliphatic heterocycles. The number of carbonyl (C=O) groups excluding carboxylic acids is 1. The highest BCUT2D eigenvalue weighted by molar-refractivity contribution is 7.46. The zero-order chi connectivity index (χ0) is 23.1. The summed E-state index contributed by atoms with van der Waals surface area (Å²) >= 11 is 0. The lowest BCUT2D eigenvalue weighted by molar-refractivity contribution is -0.144. The van der Waals surface area contributed by atoms with E-state index >= 15 is 0 Å². The number of hydrogen-bond acceptors (Lipinski definition) is 4. The summed E-state index contributed by atoms with van der Waals surface area (Å²) in [7, 11) is -4.71. The number of phosphoric ester groups is 1. The van der Waals surface area contributed by atoms with E-state index in [-0.39, 0.29) is 17.6 Å². The van der Waals surface area contributed by atoms with E-state index in [9.17, 15) is 19.1 Å². The van der Waals surface area contributed by atoms with Gasteiger partial charge in [-0.3, -0.25) is 9.79 Å². The van der Waals surface area contributed by atoms with Gasteiger partial charge in [0.2, 0.25) is 0 Å². The molecule has 0 aliphatic carbocycles. The van der Waals surface area contributed by atoms with Crippen molar-refractivity contribution in [1.82, 2.24) is 0 Å². The van der Waals surface area contributed by atoms with Crippen LogP contribution in [0.1, 0.15) is 75.6 Å². The molecule has 31 heavy (non-hydrogen) atoms. The Morgan fingerprint density at radius 1 is 0.968 bits per heavy atom. The van der Waals surface area contributed by atoms with Crippen molar-refractivity contribution in [2.45, 2.75) is 59.0 Å². The molecule has 2 aromatic rings. The number of cyclic esters (lactones) is 1. The smallest absolute Gasteiger partial charge is 0.441 e. The molecule has 0 radical (unpaired) electrons. The molecule has 0 saturated heterocycles. The molecule has 1 atom stereocenters. The highest BCUT2D eigenvalue weighted by atomic mass is 31.2. The third-order valence-corrected chi connectivity index (χ3v) is 6.29. The molecule has 1 unspecified atom stereocenters. The Hall–Kier alpha value is -2.40. The number of ether oxygens (including phenoxy) is 1. The van der Waals surface area contributed by atoms with Crippen molar-refractivity contribution < 1.29 is 28.4 Å². The Bertz CT molecular complexity index is 1090. The molecule has 1 aliphatic rings. The van der Waals surface area contributed by atoms with Gasteiger partial charge in [0.05, 0.1) is 0 Å². The van der Waals surface area contributed by atoms with E-state index < -0.39 is 13.4 Å². The fourth-order valence-electron chi connectivity index (χ4n) is 3.97. The molecule has 0 aromatic heterocycles. The first kappa shape index (κ1) is 23.3. The first-order valence-electron chi connectivity index (χ1n) is 10.3. The molecule has 0 saturated carbocycles. The summed E-state index contributed by atoms with van der Waals surface area (Å²) in [6, 6.07) is 13.0. The minimum absolute atomic E-state index is 0.0805. The Labute approximate surface area is 183 Å². The summed E-state index contributed by atoms with van der Waals surface area (Å²) in [5.41, 5.74) is 3.51. The molecule has 0 fully saturated rings. The van der Waals surface area contributed by atoms with E-state index in [2.05, 4.69) is 19.9 Å². The monoisotopic (exact) mass is 444 g/mol. The van der Waals surface area contributed by atoms with E-state index in [0.29, 0.717) is 22.6 Å². The fraction of sp³-hybridized carbons (Fsp3) is 0.375. The van der Waals surface area contributed by atoms with Gasteiger partial charge in [-0.1, -0.05) is 58.0 Å². The maximum Gasteiger partial charge on any atom is 0.524 e. The number of hydrogen-bond donors (Lipinski definition) is 2. The molecule has 166 valence electrons. The van der Waals surface area contributed by atoms with Gasteiger partial charge in [-0.15, -0.1) is 0 Å². The van der Waals surface area contributed by atoms with Crippen LogP contribution in [0.2, 0.25) is 0 Å². The van der Waals surface area contributed by atoms with Crippen LogP contribution in [-0.4, -0.2) is 15.8 Å². The fourth-order valence-corrected chi connectivity index (χ4v) is 4.40. The maximum atomic E-state index is 12.6. The van der Waals surface area contributed by atoms with Gasteiger partial charge in [0.15, 0.2) is 5.60 Å². The van der Waals surface area contributed by atoms with E-state index in [4.69, 9.17) is 9.26 Å². The third-order valence-electron chi connectivity index (χ3n) is 5.86. The predicted octanol–water partition coefficient (Wildman–Crippen LogP) is 5.54. The lowest BCUT2D eigenvalue weighted by atomic mass is 9.78. The van der Waals surface area contributed by atoms with E-state index in [1.54, 1.807) is 13.0 Å². The largest absolute Gasteiger partial charge is 0.524 e. The number of phosphoric acid groups is 1. The quantitative estimate of drug-likeness (QED) is 0.449. The van der Waals surface area contributed by atoms with E-state index in [1.807, 2.05) is 45.0 Å². The second kappa shape index (κ2) is 8.27. The number of esters is 1. The highest BCUT2D eigenvalue weighted by Crippen LogP contribution is 2.49. The molecule has 2 aromatic carbocycles. The van der Waals surface area contributed by atoms with E-state index in [0.717, 1.165) is 16.7 Å². The van der Waals surface area contributed by atoms with Crippen molar-refractivity contribution in [3.63, 3.8) is 0 Å². The van der Waals surface area contributed by atoms with Crippen LogP contribution in [0.5, 0.6) is 5.75 Å².